The molecule has 2 heterocycles. The summed E-state index contributed by atoms with van der Waals surface area (Å²) in [5, 5.41) is 4.59. The van der Waals surface area contributed by atoms with Crippen molar-refractivity contribution in [1.29, 1.82) is 0 Å². The van der Waals surface area contributed by atoms with Gasteiger partial charge < -0.3 is 11.0 Å². The van der Waals surface area contributed by atoms with Crippen molar-refractivity contribution in [1.82, 2.24) is 10.4 Å². The summed E-state index contributed by atoms with van der Waals surface area (Å²) in [4.78, 5) is 4.08. The summed E-state index contributed by atoms with van der Waals surface area (Å²) < 4.78 is 0. The predicted molar refractivity (Wildman–Crippen MR) is 39.8 cm³/mol. The van der Waals surface area contributed by atoms with Crippen LogP contribution < -0.4 is 10.5 Å². The second-order valence-corrected chi connectivity index (χ2v) is 2.04. The molecule has 1 unspecified atom stereocenters. The van der Waals surface area contributed by atoms with Crippen LogP contribution >= 0.6 is 0 Å². The van der Waals surface area contributed by atoms with Crippen molar-refractivity contribution in [2.75, 3.05) is 0 Å². The Balaban J connectivity index is 2.23. The van der Waals surface area contributed by atoms with Gasteiger partial charge in [-0.05, 0) is 6.07 Å². The van der Waals surface area contributed by atoms with E-state index in [9.17, 15) is 0 Å². The van der Waals surface area contributed by atoms with Gasteiger partial charge in [0.15, 0.2) is 0 Å². The van der Waals surface area contributed by atoms with Crippen LogP contribution in [0.5, 0.6) is 0 Å². The van der Waals surface area contributed by atoms with Crippen LogP contribution in [0.25, 0.3) is 5.53 Å². The highest BCUT2D eigenvalue weighted by molar-refractivity contribution is 5.55. The molecule has 0 fully saturated rings. The molecule has 0 saturated carbocycles. The van der Waals surface area contributed by atoms with E-state index in [1.807, 2.05) is 18.2 Å². The summed E-state index contributed by atoms with van der Waals surface area (Å²) >= 11 is 0. The van der Waals surface area contributed by atoms with Crippen molar-refractivity contribution in [2.45, 2.75) is 0 Å². The van der Waals surface area contributed by atoms with Crippen molar-refractivity contribution in [3.05, 3.63) is 29.9 Å². The van der Waals surface area contributed by atoms with Crippen molar-refractivity contribution in [3.8, 4) is 0 Å². The monoisotopic (exact) mass is 149 g/mol. The molecule has 1 atom stereocenters. The second kappa shape index (κ2) is 2.65. The zero-order valence-corrected chi connectivity index (χ0v) is 5.73. The normalized spacial score (nSPS) is 21.6. The number of pyridine rings is 1. The van der Waals surface area contributed by atoms with Gasteiger partial charge in [0.25, 0.3) is 0 Å². The van der Waals surface area contributed by atoms with Gasteiger partial charge in [0.05, 0.1) is 0 Å². The minimum Gasteiger partial charge on any atom is -0.423 e. The third-order valence-corrected chi connectivity index (χ3v) is 1.31. The number of rotatable bonds is 1. The number of aromatic nitrogens is 1. The van der Waals surface area contributed by atoms with E-state index in [0.29, 0.717) is 5.12 Å². The third-order valence-electron chi connectivity index (χ3n) is 1.31. The van der Waals surface area contributed by atoms with Crippen LogP contribution in [0.3, 0.4) is 0 Å². The van der Waals surface area contributed by atoms with Gasteiger partial charge in [-0.25, -0.2) is 10.1 Å². The number of quaternary nitrogens is 1. The number of nitrogens with zero attached hydrogens (tertiary/aromatic N) is 3. The maximum Gasteiger partial charge on any atom is 0.243 e. The predicted octanol–water partition coefficient (Wildman–Crippen LogP) is -0.652. The highest BCUT2D eigenvalue weighted by atomic mass is 15.9. The zero-order chi connectivity index (χ0) is 7.52. The fraction of sp³-hybridized carbons (Fsp3) is 0. The molecule has 0 bridgehead atoms. The standard InChI is InChI=1S/C6H7N5/c1-2-4-7-6(3-1)11-9-5-8-10-11/h1-5,11H,(H,8,9). The van der Waals surface area contributed by atoms with Gasteiger partial charge in [0, 0.05) is 12.3 Å². The first-order chi connectivity index (χ1) is 5.47. The van der Waals surface area contributed by atoms with E-state index in [4.69, 9.17) is 0 Å². The first-order valence-corrected chi connectivity index (χ1v) is 3.24. The Bertz CT molecular complexity index is 257. The van der Waals surface area contributed by atoms with Crippen molar-refractivity contribution in [3.63, 3.8) is 0 Å². The molecule has 1 aliphatic heterocycles. The minimum atomic E-state index is 0.630. The first kappa shape index (κ1) is 6.26. The zero-order valence-electron chi connectivity index (χ0n) is 5.73. The molecule has 56 valence electrons. The highest BCUT2D eigenvalue weighted by Crippen LogP contribution is 1.94. The summed E-state index contributed by atoms with van der Waals surface area (Å²) in [7, 11) is 0. The third kappa shape index (κ3) is 1.19. The van der Waals surface area contributed by atoms with Gasteiger partial charge in [0.1, 0.15) is 6.34 Å². The van der Waals surface area contributed by atoms with Crippen LogP contribution in [-0.4, -0.2) is 11.3 Å². The van der Waals surface area contributed by atoms with Gasteiger partial charge in [-0.15, -0.1) is 0 Å². The molecule has 5 heteroatoms. The fourth-order valence-electron chi connectivity index (χ4n) is 0.827. The SMILES string of the molecule is C1=N[NH+](c2ccccn2)[N-]N1. The van der Waals surface area contributed by atoms with Crippen molar-refractivity contribution in [2.24, 2.45) is 5.10 Å². The fourth-order valence-corrected chi connectivity index (χ4v) is 0.827. The molecule has 0 amide bonds. The van der Waals surface area contributed by atoms with Crippen LogP contribution in [0.4, 0.5) is 5.82 Å². The Morgan fingerprint density at radius 1 is 1.45 bits per heavy atom. The van der Waals surface area contributed by atoms with E-state index >= 15 is 0 Å². The van der Waals surface area contributed by atoms with Crippen LogP contribution in [0.1, 0.15) is 0 Å². The quantitative estimate of drug-likeness (QED) is 0.557. The second-order valence-electron chi connectivity index (χ2n) is 2.04. The van der Waals surface area contributed by atoms with E-state index < -0.39 is 0 Å². The van der Waals surface area contributed by atoms with E-state index in [0.717, 1.165) is 5.82 Å². The minimum absolute atomic E-state index is 0.630. The van der Waals surface area contributed by atoms with E-state index in [-0.39, 0.29) is 0 Å². The Hall–Kier alpha value is -1.46. The van der Waals surface area contributed by atoms with E-state index in [2.05, 4.69) is 21.0 Å². The largest absolute Gasteiger partial charge is 0.423 e. The van der Waals surface area contributed by atoms with E-state index in [1.165, 1.54) is 6.34 Å². The molecule has 0 aliphatic carbocycles. The van der Waals surface area contributed by atoms with Gasteiger partial charge in [0.2, 0.25) is 5.82 Å². The molecule has 1 aromatic heterocycles. The molecule has 5 nitrogen and oxygen atoms in total. The summed E-state index contributed by atoms with van der Waals surface area (Å²) in [6.07, 6.45) is 3.25. The average Bonchev–Trinajstić information content (AvgIpc) is 2.58. The summed E-state index contributed by atoms with van der Waals surface area (Å²) in [6, 6.07) is 5.62. The maximum atomic E-state index is 4.08. The summed E-state index contributed by atoms with van der Waals surface area (Å²) in [6.45, 7) is 0. The first-order valence-electron chi connectivity index (χ1n) is 3.24. The Kier molecular flexibility index (Phi) is 1.51. The Morgan fingerprint density at radius 2 is 2.45 bits per heavy atom. The lowest BCUT2D eigenvalue weighted by Gasteiger charge is -2.15. The lowest BCUT2D eigenvalue weighted by atomic mass is 10.5. The molecule has 2 N–H and O–H groups in total. The van der Waals surface area contributed by atoms with Crippen molar-refractivity contribution < 1.29 is 5.12 Å². The lowest BCUT2D eigenvalue weighted by Crippen LogP contribution is -2.97. The van der Waals surface area contributed by atoms with Crippen LogP contribution in [0.15, 0.2) is 29.5 Å². The van der Waals surface area contributed by atoms with Crippen LogP contribution in [0.2, 0.25) is 0 Å². The molecular weight excluding hydrogens is 142 g/mol. The van der Waals surface area contributed by atoms with Gasteiger partial charge in [-0.3, -0.25) is 0 Å². The molecule has 11 heavy (non-hydrogen) atoms. The lowest BCUT2D eigenvalue weighted by molar-refractivity contribution is -0.798. The molecule has 2 rings (SSSR count). The smallest absolute Gasteiger partial charge is 0.243 e. The Labute approximate surface area is 63.7 Å². The number of nitrogens with one attached hydrogen (secondary N) is 2. The van der Waals surface area contributed by atoms with Gasteiger partial charge >= 0.3 is 0 Å². The Morgan fingerprint density at radius 3 is 3.09 bits per heavy atom. The summed E-state index contributed by atoms with van der Waals surface area (Å²) in [5.41, 5.74) is 6.51. The van der Waals surface area contributed by atoms with Crippen LogP contribution in [-0.2, 0) is 0 Å². The van der Waals surface area contributed by atoms with E-state index in [1.54, 1.807) is 6.20 Å². The molecular formula is C6H7N5. The molecule has 0 saturated heterocycles. The number of hydrogen-bond acceptors (Lipinski definition) is 3. The molecule has 1 aromatic rings. The topological polar surface area (TPSA) is 55.8 Å². The summed E-state index contributed by atoms with van der Waals surface area (Å²) in [5.74, 6) is 0.786. The highest BCUT2D eigenvalue weighted by Gasteiger charge is 2.04. The van der Waals surface area contributed by atoms with Crippen molar-refractivity contribution >= 4 is 12.2 Å². The molecule has 0 spiro atoms. The molecule has 0 aromatic carbocycles. The maximum absolute atomic E-state index is 4.08. The average molecular weight is 149 g/mol. The number of hydrogen-bond donors (Lipinski definition) is 2. The molecule has 0 radical (unpaired) electrons. The van der Waals surface area contributed by atoms with Crippen LogP contribution in [0, 0.1) is 0 Å². The van der Waals surface area contributed by atoms with Gasteiger partial charge in [-0.1, -0.05) is 11.2 Å². The van der Waals surface area contributed by atoms with Gasteiger partial charge in [-0.2, -0.15) is 0 Å². The molecule has 1 aliphatic rings.